The zero-order valence-corrected chi connectivity index (χ0v) is 13.0. The van der Waals surface area contributed by atoms with Crippen LogP contribution in [0, 0.1) is 0 Å². The first-order valence-corrected chi connectivity index (χ1v) is 7.69. The van der Waals surface area contributed by atoms with Gasteiger partial charge < -0.3 is 9.52 Å². The summed E-state index contributed by atoms with van der Waals surface area (Å²) in [6.45, 7) is 0. The van der Waals surface area contributed by atoms with Crippen LogP contribution in [0.5, 0.6) is 0 Å². The minimum absolute atomic E-state index is 0.00413. The average Bonchev–Trinajstić information content (AvgIpc) is 2.91. The van der Waals surface area contributed by atoms with Gasteiger partial charge in [0.1, 0.15) is 0 Å². The summed E-state index contributed by atoms with van der Waals surface area (Å²) in [4.78, 5) is 10.4. The molecule has 0 amide bonds. The molecule has 0 unspecified atom stereocenters. The molecule has 0 aliphatic rings. The molecule has 1 heterocycles. The van der Waals surface area contributed by atoms with Crippen molar-refractivity contribution in [1.29, 1.82) is 0 Å². The minimum Gasteiger partial charge on any atom is -0.481 e. The zero-order valence-electron chi connectivity index (χ0n) is 11.4. The molecular formula is C13H10ClF3N2O3S. The van der Waals surface area contributed by atoms with Crippen LogP contribution in [0.25, 0.3) is 11.5 Å². The fourth-order valence-corrected chi connectivity index (χ4v) is 2.59. The van der Waals surface area contributed by atoms with Crippen molar-refractivity contribution in [2.75, 3.05) is 5.75 Å². The van der Waals surface area contributed by atoms with E-state index in [2.05, 4.69) is 10.2 Å². The second-order valence-corrected chi connectivity index (χ2v) is 5.86. The van der Waals surface area contributed by atoms with Crippen LogP contribution in [-0.4, -0.2) is 27.0 Å². The highest BCUT2D eigenvalue weighted by Crippen LogP contribution is 2.35. The molecular weight excluding hydrogens is 357 g/mol. The molecule has 0 aliphatic carbocycles. The highest BCUT2D eigenvalue weighted by atomic mass is 35.5. The first-order chi connectivity index (χ1) is 10.8. The fourth-order valence-electron chi connectivity index (χ4n) is 1.62. The molecule has 0 atom stereocenters. The quantitative estimate of drug-likeness (QED) is 0.604. The standard InChI is InChI=1S/C13H10ClF3N2O3S/c14-9-6-7(13(15,16)17)3-4-8(9)11-18-19-12(22-11)23-5-1-2-10(20)21/h3-4,6H,1-2,5H2,(H,20,21). The lowest BCUT2D eigenvalue weighted by Gasteiger charge is -2.07. The molecule has 0 saturated heterocycles. The molecule has 1 N–H and O–H groups in total. The molecule has 10 heteroatoms. The van der Waals surface area contributed by atoms with Gasteiger partial charge >= 0.3 is 12.1 Å². The smallest absolute Gasteiger partial charge is 0.416 e. The van der Waals surface area contributed by atoms with Crippen molar-refractivity contribution >= 4 is 29.3 Å². The predicted octanol–water partition coefficient (Wildman–Crippen LogP) is 4.37. The maximum Gasteiger partial charge on any atom is 0.416 e. The first-order valence-electron chi connectivity index (χ1n) is 6.32. The Kier molecular flexibility index (Phi) is 5.53. The molecule has 0 fully saturated rings. The van der Waals surface area contributed by atoms with E-state index in [0.717, 1.165) is 30.0 Å². The number of aliphatic carboxylic acids is 1. The summed E-state index contributed by atoms with van der Waals surface area (Å²) in [5, 5.41) is 16.0. The van der Waals surface area contributed by atoms with Crippen LogP contribution in [0.15, 0.2) is 27.8 Å². The van der Waals surface area contributed by atoms with Crippen molar-refractivity contribution in [2.24, 2.45) is 0 Å². The third-order valence-electron chi connectivity index (χ3n) is 2.69. The molecule has 0 saturated carbocycles. The van der Waals surface area contributed by atoms with Gasteiger partial charge in [-0.05, 0) is 24.6 Å². The van der Waals surface area contributed by atoms with Gasteiger partial charge in [0, 0.05) is 12.2 Å². The van der Waals surface area contributed by atoms with Crippen molar-refractivity contribution in [3.63, 3.8) is 0 Å². The summed E-state index contributed by atoms with van der Waals surface area (Å²) in [7, 11) is 0. The van der Waals surface area contributed by atoms with E-state index < -0.39 is 17.7 Å². The molecule has 0 spiro atoms. The van der Waals surface area contributed by atoms with E-state index in [1.54, 1.807) is 0 Å². The summed E-state index contributed by atoms with van der Waals surface area (Å²) in [6, 6.07) is 2.84. The number of carboxylic acid groups (broad SMARTS) is 1. The van der Waals surface area contributed by atoms with Gasteiger partial charge in [-0.3, -0.25) is 4.79 Å². The van der Waals surface area contributed by atoms with Gasteiger partial charge in [-0.1, -0.05) is 23.4 Å². The molecule has 2 aromatic rings. The minimum atomic E-state index is -4.48. The second kappa shape index (κ2) is 7.22. The van der Waals surface area contributed by atoms with Crippen molar-refractivity contribution in [2.45, 2.75) is 24.2 Å². The van der Waals surface area contributed by atoms with Crippen LogP contribution >= 0.6 is 23.4 Å². The summed E-state index contributed by atoms with van der Waals surface area (Å²) >= 11 is 7.01. The third-order valence-corrected chi connectivity index (χ3v) is 3.91. The number of hydrogen-bond donors (Lipinski definition) is 1. The van der Waals surface area contributed by atoms with E-state index >= 15 is 0 Å². The van der Waals surface area contributed by atoms with Crippen LogP contribution < -0.4 is 0 Å². The number of aromatic nitrogens is 2. The molecule has 5 nitrogen and oxygen atoms in total. The maximum absolute atomic E-state index is 12.6. The Balaban J connectivity index is 2.07. The number of rotatable bonds is 6. The number of carboxylic acids is 1. The Morgan fingerprint density at radius 3 is 2.70 bits per heavy atom. The first kappa shape index (κ1) is 17.6. The van der Waals surface area contributed by atoms with Gasteiger partial charge in [0.25, 0.3) is 5.22 Å². The number of hydrogen-bond acceptors (Lipinski definition) is 5. The second-order valence-electron chi connectivity index (χ2n) is 4.41. The van der Waals surface area contributed by atoms with Crippen LogP contribution in [0.2, 0.25) is 5.02 Å². The Bertz CT molecular complexity index is 706. The Labute approximate surface area is 137 Å². The van der Waals surface area contributed by atoms with Crippen molar-refractivity contribution in [1.82, 2.24) is 10.2 Å². The maximum atomic E-state index is 12.6. The van der Waals surface area contributed by atoms with Crippen LogP contribution in [0.3, 0.4) is 0 Å². The normalized spacial score (nSPS) is 11.7. The Hall–Kier alpha value is -1.74. The van der Waals surface area contributed by atoms with Gasteiger partial charge in [0.2, 0.25) is 5.89 Å². The average molecular weight is 367 g/mol. The summed E-state index contributed by atoms with van der Waals surface area (Å²) < 4.78 is 43.1. The molecule has 1 aromatic heterocycles. The van der Waals surface area contributed by atoms with E-state index in [4.69, 9.17) is 21.1 Å². The van der Waals surface area contributed by atoms with Crippen LogP contribution in [-0.2, 0) is 11.0 Å². The lowest BCUT2D eigenvalue weighted by Crippen LogP contribution is -2.04. The summed E-state index contributed by atoms with van der Waals surface area (Å²) in [6.07, 6.45) is -4.03. The number of halogens is 4. The lowest BCUT2D eigenvalue weighted by molar-refractivity contribution is -0.138. The van der Waals surface area contributed by atoms with E-state index in [1.807, 2.05) is 0 Å². The molecule has 1 aromatic carbocycles. The molecule has 0 bridgehead atoms. The SMILES string of the molecule is O=C(O)CCCSc1nnc(-c2ccc(C(F)(F)F)cc2Cl)o1. The fraction of sp³-hybridized carbons (Fsp3) is 0.308. The number of thioether (sulfide) groups is 1. The van der Waals surface area contributed by atoms with Gasteiger partial charge in [0.05, 0.1) is 16.1 Å². The number of benzene rings is 1. The monoisotopic (exact) mass is 366 g/mol. The topological polar surface area (TPSA) is 76.2 Å². The van der Waals surface area contributed by atoms with E-state index in [0.29, 0.717) is 12.2 Å². The van der Waals surface area contributed by atoms with Gasteiger partial charge in [0.15, 0.2) is 0 Å². The van der Waals surface area contributed by atoms with Gasteiger partial charge in [-0.15, -0.1) is 10.2 Å². The molecule has 2 rings (SSSR count). The number of carbonyl (C=O) groups is 1. The summed E-state index contributed by atoms with van der Waals surface area (Å²) in [5.41, 5.74) is -0.668. The summed E-state index contributed by atoms with van der Waals surface area (Å²) in [5.74, 6) is -0.424. The third kappa shape index (κ3) is 4.87. The Morgan fingerprint density at radius 2 is 2.09 bits per heavy atom. The molecule has 124 valence electrons. The lowest BCUT2D eigenvalue weighted by atomic mass is 10.1. The van der Waals surface area contributed by atoms with E-state index in [1.165, 1.54) is 0 Å². The highest BCUT2D eigenvalue weighted by Gasteiger charge is 2.31. The van der Waals surface area contributed by atoms with Gasteiger partial charge in [-0.25, -0.2) is 0 Å². The molecule has 23 heavy (non-hydrogen) atoms. The molecule has 0 aliphatic heterocycles. The highest BCUT2D eigenvalue weighted by molar-refractivity contribution is 7.99. The van der Waals surface area contributed by atoms with Gasteiger partial charge in [-0.2, -0.15) is 13.2 Å². The number of alkyl halides is 3. The van der Waals surface area contributed by atoms with Crippen LogP contribution in [0.1, 0.15) is 18.4 Å². The van der Waals surface area contributed by atoms with Crippen molar-refractivity contribution in [3.8, 4) is 11.5 Å². The Morgan fingerprint density at radius 1 is 1.35 bits per heavy atom. The van der Waals surface area contributed by atoms with E-state index in [-0.39, 0.29) is 28.1 Å². The largest absolute Gasteiger partial charge is 0.481 e. The zero-order chi connectivity index (χ0) is 17.0. The van der Waals surface area contributed by atoms with Crippen LogP contribution in [0.4, 0.5) is 13.2 Å². The predicted molar refractivity (Wildman–Crippen MR) is 77.3 cm³/mol. The van der Waals surface area contributed by atoms with E-state index in [9.17, 15) is 18.0 Å². The van der Waals surface area contributed by atoms with Crippen molar-refractivity contribution < 1.29 is 27.5 Å². The number of nitrogens with zero attached hydrogens (tertiary/aromatic N) is 2. The molecule has 0 radical (unpaired) electrons. The van der Waals surface area contributed by atoms with Crippen molar-refractivity contribution in [3.05, 3.63) is 28.8 Å².